The minimum atomic E-state index is -0.625. The second-order valence-electron chi connectivity index (χ2n) is 6.28. The van der Waals surface area contributed by atoms with Gasteiger partial charge in [0.1, 0.15) is 24.3 Å². The van der Waals surface area contributed by atoms with Crippen molar-refractivity contribution >= 4 is 17.7 Å². The standard InChI is InChI=1S/C19H17FN2O5/c20-16-8-12(22-9-13(10-23)27-19(22)25)2-3-14(16)11-1-4-17-15(7-11)18(24)21-5-6-26-17/h1-4,7-8,13,23H,5-6,9-10H2,(H,21,24)/t13-/m1/s1. The predicted molar refractivity (Wildman–Crippen MR) is 94.4 cm³/mol. The van der Waals surface area contributed by atoms with E-state index in [9.17, 15) is 14.0 Å². The molecule has 0 unspecified atom stereocenters. The Balaban J connectivity index is 1.66. The fraction of sp³-hybridized carbons (Fsp3) is 0.263. The van der Waals surface area contributed by atoms with Crippen LogP contribution in [0.1, 0.15) is 10.4 Å². The average Bonchev–Trinajstić information content (AvgIpc) is 2.95. The lowest BCUT2D eigenvalue weighted by Crippen LogP contribution is -2.25. The summed E-state index contributed by atoms with van der Waals surface area (Å²) in [6, 6.07) is 9.29. The topological polar surface area (TPSA) is 88.1 Å². The lowest BCUT2D eigenvalue weighted by molar-refractivity contribution is 0.0954. The average molecular weight is 372 g/mol. The summed E-state index contributed by atoms with van der Waals surface area (Å²) < 4.78 is 25.2. The zero-order chi connectivity index (χ0) is 19.0. The molecule has 0 aromatic heterocycles. The molecular weight excluding hydrogens is 355 g/mol. The number of amides is 2. The number of aliphatic hydroxyl groups is 1. The molecule has 2 aliphatic heterocycles. The molecule has 2 aromatic rings. The Morgan fingerprint density at radius 1 is 1.19 bits per heavy atom. The van der Waals surface area contributed by atoms with Gasteiger partial charge in [-0.2, -0.15) is 0 Å². The maximum absolute atomic E-state index is 14.7. The Morgan fingerprint density at radius 3 is 2.78 bits per heavy atom. The van der Waals surface area contributed by atoms with Crippen molar-refractivity contribution in [3.8, 4) is 16.9 Å². The molecule has 0 saturated carbocycles. The molecule has 1 saturated heterocycles. The fourth-order valence-corrected chi connectivity index (χ4v) is 3.16. The van der Waals surface area contributed by atoms with Gasteiger partial charge in [-0.25, -0.2) is 9.18 Å². The first-order chi connectivity index (χ1) is 13.1. The summed E-state index contributed by atoms with van der Waals surface area (Å²) in [6.07, 6.45) is -1.25. The highest BCUT2D eigenvalue weighted by Gasteiger charge is 2.32. The number of hydrogen-bond donors (Lipinski definition) is 2. The number of carbonyl (C=O) groups excluding carboxylic acids is 2. The number of benzene rings is 2. The van der Waals surface area contributed by atoms with Gasteiger partial charge >= 0.3 is 6.09 Å². The van der Waals surface area contributed by atoms with Crippen molar-refractivity contribution < 1.29 is 28.6 Å². The van der Waals surface area contributed by atoms with E-state index in [4.69, 9.17) is 14.6 Å². The molecule has 7 nitrogen and oxygen atoms in total. The highest BCUT2D eigenvalue weighted by molar-refractivity contribution is 5.98. The third-order valence-corrected chi connectivity index (χ3v) is 4.52. The monoisotopic (exact) mass is 372 g/mol. The smallest absolute Gasteiger partial charge is 0.414 e. The third kappa shape index (κ3) is 3.19. The molecule has 1 fully saturated rings. The molecule has 4 rings (SSSR count). The highest BCUT2D eigenvalue weighted by atomic mass is 19.1. The van der Waals surface area contributed by atoms with Crippen molar-refractivity contribution in [2.75, 3.05) is 31.2 Å². The van der Waals surface area contributed by atoms with E-state index in [0.717, 1.165) is 0 Å². The van der Waals surface area contributed by atoms with Crippen LogP contribution in [0.15, 0.2) is 36.4 Å². The molecule has 0 bridgehead atoms. The van der Waals surface area contributed by atoms with Crippen LogP contribution in [0.2, 0.25) is 0 Å². The Morgan fingerprint density at radius 2 is 2.04 bits per heavy atom. The number of nitrogens with zero attached hydrogens (tertiary/aromatic N) is 1. The minimum absolute atomic E-state index is 0.157. The Bertz CT molecular complexity index is 917. The first-order valence-corrected chi connectivity index (χ1v) is 8.51. The second-order valence-corrected chi connectivity index (χ2v) is 6.28. The van der Waals surface area contributed by atoms with Gasteiger partial charge in [-0.1, -0.05) is 6.07 Å². The zero-order valence-corrected chi connectivity index (χ0v) is 14.3. The van der Waals surface area contributed by atoms with Crippen LogP contribution in [0, 0.1) is 5.82 Å². The maximum atomic E-state index is 14.7. The van der Waals surface area contributed by atoms with Gasteiger partial charge in [-0.15, -0.1) is 0 Å². The second kappa shape index (κ2) is 6.88. The normalized spacial score (nSPS) is 19.0. The summed E-state index contributed by atoms with van der Waals surface area (Å²) in [5, 5.41) is 11.8. The maximum Gasteiger partial charge on any atom is 0.414 e. The van der Waals surface area contributed by atoms with Crippen LogP contribution in [0.5, 0.6) is 5.75 Å². The van der Waals surface area contributed by atoms with E-state index in [1.807, 2.05) is 0 Å². The Hall–Kier alpha value is -3.13. The Labute approximate surface area is 154 Å². The number of halogens is 1. The lowest BCUT2D eigenvalue weighted by atomic mass is 10.0. The quantitative estimate of drug-likeness (QED) is 0.860. The molecule has 2 aliphatic rings. The number of carbonyl (C=O) groups is 2. The summed E-state index contributed by atoms with van der Waals surface area (Å²) in [6.45, 7) is 0.654. The summed E-state index contributed by atoms with van der Waals surface area (Å²) in [5.74, 6) is -0.348. The van der Waals surface area contributed by atoms with Crippen LogP contribution in [-0.2, 0) is 4.74 Å². The number of rotatable bonds is 3. The fourth-order valence-electron chi connectivity index (χ4n) is 3.16. The molecule has 2 heterocycles. The number of nitrogens with one attached hydrogen (secondary N) is 1. The highest BCUT2D eigenvalue weighted by Crippen LogP contribution is 2.32. The molecule has 2 N–H and O–H groups in total. The summed E-state index contributed by atoms with van der Waals surface area (Å²) in [4.78, 5) is 25.3. The van der Waals surface area contributed by atoms with Crippen molar-refractivity contribution in [1.82, 2.24) is 5.32 Å². The number of aliphatic hydroxyl groups excluding tert-OH is 1. The third-order valence-electron chi connectivity index (χ3n) is 4.52. The zero-order valence-electron chi connectivity index (χ0n) is 14.3. The molecule has 8 heteroatoms. The first kappa shape index (κ1) is 17.3. The van der Waals surface area contributed by atoms with E-state index in [-0.39, 0.29) is 19.1 Å². The van der Waals surface area contributed by atoms with E-state index in [0.29, 0.717) is 41.3 Å². The molecule has 27 heavy (non-hydrogen) atoms. The van der Waals surface area contributed by atoms with Crippen LogP contribution < -0.4 is 15.0 Å². The van der Waals surface area contributed by atoms with Gasteiger partial charge in [0, 0.05) is 5.56 Å². The minimum Gasteiger partial charge on any atom is -0.491 e. The van der Waals surface area contributed by atoms with Gasteiger partial charge in [-0.3, -0.25) is 9.69 Å². The number of ether oxygens (including phenoxy) is 2. The van der Waals surface area contributed by atoms with Crippen LogP contribution >= 0.6 is 0 Å². The largest absolute Gasteiger partial charge is 0.491 e. The number of hydrogen-bond acceptors (Lipinski definition) is 5. The van der Waals surface area contributed by atoms with Gasteiger partial charge in [0.05, 0.1) is 30.9 Å². The SMILES string of the molecule is O=C1NCCOc2ccc(-c3ccc(N4C[C@H](CO)OC4=O)cc3F)cc21. The summed E-state index contributed by atoms with van der Waals surface area (Å²) in [5.41, 5.74) is 1.51. The van der Waals surface area contributed by atoms with Gasteiger partial charge in [-0.05, 0) is 35.9 Å². The van der Waals surface area contributed by atoms with Crippen LogP contribution in [0.4, 0.5) is 14.9 Å². The van der Waals surface area contributed by atoms with Crippen molar-refractivity contribution in [1.29, 1.82) is 0 Å². The number of anilines is 1. The number of fused-ring (bicyclic) bond motifs is 1. The molecule has 2 aromatic carbocycles. The van der Waals surface area contributed by atoms with Crippen LogP contribution in [0.3, 0.4) is 0 Å². The van der Waals surface area contributed by atoms with Gasteiger partial charge in [0.2, 0.25) is 0 Å². The van der Waals surface area contributed by atoms with Crippen molar-refractivity contribution in [3.63, 3.8) is 0 Å². The lowest BCUT2D eigenvalue weighted by Gasteiger charge is -2.15. The van der Waals surface area contributed by atoms with Gasteiger partial charge < -0.3 is 19.9 Å². The van der Waals surface area contributed by atoms with Crippen molar-refractivity contribution in [3.05, 3.63) is 47.8 Å². The molecular formula is C19H17FN2O5. The summed E-state index contributed by atoms with van der Waals surface area (Å²) in [7, 11) is 0. The first-order valence-electron chi connectivity index (χ1n) is 8.51. The molecule has 2 amide bonds. The predicted octanol–water partition coefficient (Wildman–Crippen LogP) is 1.93. The van der Waals surface area contributed by atoms with E-state index in [1.165, 1.54) is 11.0 Å². The van der Waals surface area contributed by atoms with Gasteiger partial charge in [0.15, 0.2) is 0 Å². The molecule has 1 atom stereocenters. The van der Waals surface area contributed by atoms with E-state index < -0.39 is 18.0 Å². The number of cyclic esters (lactones) is 1. The van der Waals surface area contributed by atoms with Gasteiger partial charge in [0.25, 0.3) is 5.91 Å². The van der Waals surface area contributed by atoms with E-state index in [2.05, 4.69) is 5.32 Å². The molecule has 0 aliphatic carbocycles. The summed E-state index contributed by atoms with van der Waals surface area (Å²) >= 11 is 0. The van der Waals surface area contributed by atoms with E-state index in [1.54, 1.807) is 30.3 Å². The van der Waals surface area contributed by atoms with Crippen molar-refractivity contribution in [2.45, 2.75) is 6.10 Å². The van der Waals surface area contributed by atoms with Crippen LogP contribution in [-0.4, -0.2) is 49.5 Å². The molecule has 0 spiro atoms. The molecule has 0 radical (unpaired) electrons. The van der Waals surface area contributed by atoms with E-state index >= 15 is 0 Å². The van der Waals surface area contributed by atoms with Crippen molar-refractivity contribution in [2.24, 2.45) is 0 Å². The van der Waals surface area contributed by atoms with Crippen LogP contribution in [0.25, 0.3) is 11.1 Å². The molecule has 140 valence electrons. The Kier molecular flexibility index (Phi) is 4.41.